The van der Waals surface area contributed by atoms with Gasteiger partial charge >= 0.3 is 0 Å². The number of aliphatic hydroxyl groups excluding tert-OH is 2. The maximum atomic E-state index is 9.10. The molecule has 0 aliphatic rings. The average molecular weight is 223 g/mol. The van der Waals surface area contributed by atoms with Gasteiger partial charge in [0.2, 0.25) is 0 Å². The van der Waals surface area contributed by atoms with E-state index in [4.69, 9.17) is 10.2 Å². The van der Waals surface area contributed by atoms with Crippen molar-refractivity contribution in [3.8, 4) is 0 Å². The van der Waals surface area contributed by atoms with E-state index >= 15 is 0 Å². The standard InChI is InChI=1S/C13H21NO2/c1-3-6-14(7-8-15)13-5-4-12(10-16)11(2)9-13/h4-5,9,15-16H,3,6-8,10H2,1-2H3. The van der Waals surface area contributed by atoms with Gasteiger partial charge in [-0.15, -0.1) is 0 Å². The second-order valence-corrected chi connectivity index (χ2v) is 3.98. The van der Waals surface area contributed by atoms with Crippen LogP contribution in [-0.2, 0) is 6.61 Å². The first-order valence-electron chi connectivity index (χ1n) is 5.79. The van der Waals surface area contributed by atoms with E-state index in [1.54, 1.807) is 0 Å². The number of aryl methyl sites for hydroxylation is 1. The smallest absolute Gasteiger partial charge is 0.0684 e. The first-order valence-corrected chi connectivity index (χ1v) is 5.79. The van der Waals surface area contributed by atoms with Crippen LogP contribution in [0.15, 0.2) is 18.2 Å². The fourth-order valence-corrected chi connectivity index (χ4v) is 1.81. The Morgan fingerprint density at radius 3 is 2.44 bits per heavy atom. The highest BCUT2D eigenvalue weighted by atomic mass is 16.3. The third-order valence-corrected chi connectivity index (χ3v) is 2.73. The van der Waals surface area contributed by atoms with Crippen LogP contribution in [0.2, 0.25) is 0 Å². The fraction of sp³-hybridized carbons (Fsp3) is 0.538. The molecule has 1 rings (SSSR count). The normalized spacial score (nSPS) is 10.5. The lowest BCUT2D eigenvalue weighted by atomic mass is 10.1. The molecule has 0 unspecified atom stereocenters. The summed E-state index contributed by atoms with van der Waals surface area (Å²) in [5.74, 6) is 0. The Labute approximate surface area is 97.3 Å². The van der Waals surface area contributed by atoms with Gasteiger partial charge in [0.1, 0.15) is 0 Å². The number of rotatable bonds is 6. The zero-order valence-electron chi connectivity index (χ0n) is 10.1. The summed E-state index contributed by atoms with van der Waals surface area (Å²) in [4.78, 5) is 2.16. The molecule has 2 N–H and O–H groups in total. The van der Waals surface area contributed by atoms with E-state index < -0.39 is 0 Å². The Balaban J connectivity index is 2.87. The highest BCUT2D eigenvalue weighted by Gasteiger charge is 2.06. The second kappa shape index (κ2) is 6.51. The van der Waals surface area contributed by atoms with Gasteiger partial charge in [0, 0.05) is 18.8 Å². The summed E-state index contributed by atoms with van der Waals surface area (Å²) in [6.45, 7) is 5.97. The monoisotopic (exact) mass is 223 g/mol. The maximum absolute atomic E-state index is 9.10. The van der Waals surface area contributed by atoms with Crippen molar-refractivity contribution < 1.29 is 10.2 Å². The van der Waals surface area contributed by atoms with Gasteiger partial charge in [-0.1, -0.05) is 13.0 Å². The van der Waals surface area contributed by atoms with Gasteiger partial charge in [-0.25, -0.2) is 0 Å². The van der Waals surface area contributed by atoms with E-state index in [0.717, 1.165) is 29.8 Å². The van der Waals surface area contributed by atoms with Crippen molar-refractivity contribution in [1.82, 2.24) is 0 Å². The average Bonchev–Trinajstić information content (AvgIpc) is 2.28. The lowest BCUT2D eigenvalue weighted by Crippen LogP contribution is -2.27. The summed E-state index contributed by atoms with van der Waals surface area (Å²) >= 11 is 0. The molecule has 0 aliphatic carbocycles. The van der Waals surface area contributed by atoms with E-state index in [0.29, 0.717) is 6.54 Å². The van der Waals surface area contributed by atoms with E-state index in [9.17, 15) is 0 Å². The summed E-state index contributed by atoms with van der Waals surface area (Å²) in [7, 11) is 0. The van der Waals surface area contributed by atoms with Crippen molar-refractivity contribution in [1.29, 1.82) is 0 Å². The molecule has 0 saturated carbocycles. The third kappa shape index (κ3) is 3.22. The predicted molar refractivity (Wildman–Crippen MR) is 66.7 cm³/mol. The molecule has 0 aliphatic heterocycles. The van der Waals surface area contributed by atoms with Crippen molar-refractivity contribution >= 4 is 5.69 Å². The van der Waals surface area contributed by atoms with E-state index in [1.165, 1.54) is 0 Å². The van der Waals surface area contributed by atoms with Crippen LogP contribution in [0.4, 0.5) is 5.69 Å². The molecule has 90 valence electrons. The number of aliphatic hydroxyl groups is 2. The van der Waals surface area contributed by atoms with Crippen LogP contribution >= 0.6 is 0 Å². The summed E-state index contributed by atoms with van der Waals surface area (Å²) in [6.07, 6.45) is 1.06. The number of benzene rings is 1. The fourth-order valence-electron chi connectivity index (χ4n) is 1.81. The topological polar surface area (TPSA) is 43.7 Å². The Bertz CT molecular complexity index is 320. The molecule has 0 saturated heterocycles. The summed E-state index contributed by atoms with van der Waals surface area (Å²) in [5, 5.41) is 18.1. The Morgan fingerprint density at radius 1 is 1.19 bits per heavy atom. The molecule has 16 heavy (non-hydrogen) atoms. The molecule has 0 atom stereocenters. The van der Waals surface area contributed by atoms with Crippen LogP contribution in [0.5, 0.6) is 0 Å². The minimum atomic E-state index is 0.0832. The van der Waals surface area contributed by atoms with Crippen LogP contribution in [0, 0.1) is 6.92 Å². The zero-order chi connectivity index (χ0) is 12.0. The molecule has 3 heteroatoms. The van der Waals surface area contributed by atoms with Crippen LogP contribution in [0.25, 0.3) is 0 Å². The quantitative estimate of drug-likeness (QED) is 0.771. The van der Waals surface area contributed by atoms with Crippen LogP contribution < -0.4 is 4.90 Å². The number of anilines is 1. The van der Waals surface area contributed by atoms with E-state index in [-0.39, 0.29) is 13.2 Å². The first kappa shape index (κ1) is 13.0. The van der Waals surface area contributed by atoms with Crippen LogP contribution in [-0.4, -0.2) is 29.9 Å². The maximum Gasteiger partial charge on any atom is 0.0684 e. The molecule has 0 aromatic heterocycles. The van der Waals surface area contributed by atoms with E-state index in [1.807, 2.05) is 19.1 Å². The lowest BCUT2D eigenvalue weighted by molar-refractivity contribution is 0.281. The van der Waals surface area contributed by atoms with Crippen molar-refractivity contribution in [3.63, 3.8) is 0 Å². The third-order valence-electron chi connectivity index (χ3n) is 2.73. The summed E-state index contributed by atoms with van der Waals surface area (Å²) in [5.41, 5.74) is 3.17. The van der Waals surface area contributed by atoms with Crippen LogP contribution in [0.3, 0.4) is 0 Å². The Hall–Kier alpha value is -1.06. The molecule has 0 amide bonds. The number of nitrogens with zero attached hydrogens (tertiary/aromatic N) is 1. The molecule has 0 heterocycles. The van der Waals surface area contributed by atoms with Gasteiger partial charge in [0.05, 0.1) is 13.2 Å². The molecule has 0 spiro atoms. The second-order valence-electron chi connectivity index (χ2n) is 3.98. The molecule has 0 bridgehead atoms. The molecule has 1 aromatic rings. The summed E-state index contributed by atoms with van der Waals surface area (Å²) < 4.78 is 0. The number of hydrogen-bond donors (Lipinski definition) is 2. The molecule has 0 radical (unpaired) electrons. The minimum absolute atomic E-state index is 0.0832. The van der Waals surface area contributed by atoms with Gasteiger partial charge < -0.3 is 15.1 Å². The predicted octanol–water partition coefficient (Wildman–Crippen LogP) is 1.70. The van der Waals surface area contributed by atoms with Gasteiger partial charge in [-0.05, 0) is 36.6 Å². The SMILES string of the molecule is CCCN(CCO)c1ccc(CO)c(C)c1. The first-order chi connectivity index (χ1) is 7.72. The highest BCUT2D eigenvalue weighted by molar-refractivity contribution is 5.50. The molecular formula is C13H21NO2. The van der Waals surface area contributed by atoms with Crippen molar-refractivity contribution in [2.24, 2.45) is 0 Å². The van der Waals surface area contributed by atoms with Gasteiger partial charge in [0.15, 0.2) is 0 Å². The van der Waals surface area contributed by atoms with Crippen LogP contribution in [0.1, 0.15) is 24.5 Å². The molecule has 3 nitrogen and oxygen atoms in total. The van der Waals surface area contributed by atoms with Gasteiger partial charge in [-0.3, -0.25) is 0 Å². The molecular weight excluding hydrogens is 202 g/mol. The van der Waals surface area contributed by atoms with Crippen molar-refractivity contribution in [3.05, 3.63) is 29.3 Å². The van der Waals surface area contributed by atoms with Gasteiger partial charge in [-0.2, -0.15) is 0 Å². The Morgan fingerprint density at radius 2 is 1.94 bits per heavy atom. The number of hydrogen-bond acceptors (Lipinski definition) is 3. The van der Waals surface area contributed by atoms with Gasteiger partial charge in [0.25, 0.3) is 0 Å². The zero-order valence-corrected chi connectivity index (χ0v) is 10.1. The largest absolute Gasteiger partial charge is 0.395 e. The minimum Gasteiger partial charge on any atom is -0.395 e. The van der Waals surface area contributed by atoms with Crippen molar-refractivity contribution in [2.45, 2.75) is 26.9 Å². The lowest BCUT2D eigenvalue weighted by Gasteiger charge is -2.24. The summed E-state index contributed by atoms with van der Waals surface area (Å²) in [6, 6.07) is 6.02. The van der Waals surface area contributed by atoms with E-state index in [2.05, 4.69) is 17.9 Å². The van der Waals surface area contributed by atoms with Crippen molar-refractivity contribution in [2.75, 3.05) is 24.6 Å². The molecule has 1 aromatic carbocycles. The Kier molecular flexibility index (Phi) is 5.29. The molecule has 0 fully saturated rings. The highest BCUT2D eigenvalue weighted by Crippen LogP contribution is 2.19.